The van der Waals surface area contributed by atoms with Crippen LogP contribution in [0.1, 0.15) is 0 Å². The van der Waals surface area contributed by atoms with Crippen molar-refractivity contribution in [2.24, 2.45) is 0 Å². The number of rotatable bonds is 8. The van der Waals surface area contributed by atoms with Gasteiger partial charge in [0.05, 0.1) is 11.0 Å². The molecule has 10 aromatic carbocycles. The van der Waals surface area contributed by atoms with Gasteiger partial charge in [0.1, 0.15) is 0 Å². The average molecular weight is 765 g/mol. The van der Waals surface area contributed by atoms with Crippen LogP contribution in [0.5, 0.6) is 0 Å². The maximum absolute atomic E-state index is 2.43. The Kier molecular flexibility index (Phi) is 8.87. The van der Waals surface area contributed by atoms with Gasteiger partial charge in [0, 0.05) is 33.5 Å². The van der Waals surface area contributed by atoms with E-state index in [1.807, 2.05) is 0 Å². The average Bonchev–Trinajstić information content (AvgIpc) is 3.66. The van der Waals surface area contributed by atoms with Crippen LogP contribution < -0.4 is 4.90 Å². The molecular formula is C58H40N2. The van der Waals surface area contributed by atoms with Crippen LogP contribution in [-0.2, 0) is 0 Å². The van der Waals surface area contributed by atoms with E-state index in [1.165, 1.54) is 77.1 Å². The molecule has 0 aliphatic rings. The molecule has 2 nitrogen and oxygen atoms in total. The lowest BCUT2D eigenvalue weighted by Gasteiger charge is -2.26. The summed E-state index contributed by atoms with van der Waals surface area (Å²) in [5, 5.41) is 4.93. The number of hydrogen-bond acceptors (Lipinski definition) is 1. The van der Waals surface area contributed by atoms with Gasteiger partial charge in [-0.1, -0.05) is 170 Å². The van der Waals surface area contributed by atoms with Crippen LogP contribution in [0.3, 0.4) is 0 Å². The van der Waals surface area contributed by atoms with E-state index >= 15 is 0 Å². The number of benzene rings is 10. The van der Waals surface area contributed by atoms with Crippen LogP contribution in [0.2, 0.25) is 0 Å². The van der Waals surface area contributed by atoms with Crippen LogP contribution in [0, 0.1) is 0 Å². The van der Waals surface area contributed by atoms with Crippen molar-refractivity contribution in [3.63, 3.8) is 0 Å². The normalized spacial score (nSPS) is 11.3. The standard InChI is InChI=1S/C58H40N2/c1-4-15-41(16-5-1)49-35-50(42-17-6-2-7-18-42)39-54(38-49)60-57-26-13-12-25-55(57)56-40-48(32-34-58(56)60)45-29-27-44(28-30-45)47-21-14-24-52(36-47)59(51-22-8-3-9-23-51)53-33-31-43-19-10-11-20-46(43)37-53/h1-40H. The zero-order valence-electron chi connectivity index (χ0n) is 33.0. The molecule has 0 atom stereocenters. The minimum atomic E-state index is 1.12. The molecular weight excluding hydrogens is 725 g/mol. The molecule has 0 N–H and O–H groups in total. The van der Waals surface area contributed by atoms with Crippen molar-refractivity contribution in [2.75, 3.05) is 4.90 Å². The van der Waals surface area contributed by atoms with Gasteiger partial charge in [-0.25, -0.2) is 0 Å². The largest absolute Gasteiger partial charge is 0.310 e. The molecule has 0 aliphatic heterocycles. The first-order valence-corrected chi connectivity index (χ1v) is 20.6. The highest BCUT2D eigenvalue weighted by molar-refractivity contribution is 6.10. The molecule has 282 valence electrons. The molecule has 0 saturated heterocycles. The van der Waals surface area contributed by atoms with Gasteiger partial charge < -0.3 is 9.47 Å². The lowest BCUT2D eigenvalue weighted by atomic mass is 9.97. The number of hydrogen-bond donors (Lipinski definition) is 0. The summed E-state index contributed by atoms with van der Waals surface area (Å²) in [5.41, 5.74) is 16.4. The van der Waals surface area contributed by atoms with E-state index in [1.54, 1.807) is 0 Å². The van der Waals surface area contributed by atoms with Crippen molar-refractivity contribution in [2.45, 2.75) is 0 Å². The Morgan fingerprint density at radius 2 is 0.750 bits per heavy atom. The second kappa shape index (κ2) is 15.1. The summed E-state index contributed by atoms with van der Waals surface area (Å²) in [6.45, 7) is 0. The maximum atomic E-state index is 2.43. The molecule has 0 unspecified atom stereocenters. The third kappa shape index (κ3) is 6.51. The quantitative estimate of drug-likeness (QED) is 0.150. The molecule has 11 aromatic rings. The monoisotopic (exact) mass is 764 g/mol. The molecule has 0 radical (unpaired) electrons. The lowest BCUT2D eigenvalue weighted by molar-refractivity contribution is 1.18. The summed E-state index contributed by atoms with van der Waals surface area (Å²) >= 11 is 0. The van der Waals surface area contributed by atoms with Crippen LogP contribution in [0.4, 0.5) is 17.1 Å². The van der Waals surface area contributed by atoms with E-state index in [9.17, 15) is 0 Å². The first-order chi connectivity index (χ1) is 29.7. The van der Waals surface area contributed by atoms with E-state index in [0.29, 0.717) is 0 Å². The van der Waals surface area contributed by atoms with Gasteiger partial charge in [-0.2, -0.15) is 0 Å². The predicted octanol–water partition coefficient (Wildman–Crippen LogP) is 16.1. The van der Waals surface area contributed by atoms with E-state index in [4.69, 9.17) is 0 Å². The fourth-order valence-corrected chi connectivity index (χ4v) is 8.79. The second-order valence-electron chi connectivity index (χ2n) is 15.4. The Balaban J connectivity index is 0.966. The molecule has 1 heterocycles. The van der Waals surface area contributed by atoms with Gasteiger partial charge in [0.15, 0.2) is 0 Å². The Hall–Kier alpha value is -7.94. The molecule has 0 bridgehead atoms. The first-order valence-electron chi connectivity index (χ1n) is 20.6. The first kappa shape index (κ1) is 35.2. The highest BCUT2D eigenvalue weighted by Gasteiger charge is 2.17. The number of anilines is 3. The SMILES string of the molecule is c1ccc(-c2cc(-c3ccccc3)cc(-n3c4ccccc4c4cc(-c5ccc(-c6cccc(N(c7ccccc7)c7ccc8ccccc8c7)c6)cc5)ccc43)c2)cc1. The number of aromatic nitrogens is 1. The van der Waals surface area contributed by atoms with Gasteiger partial charge in [0.2, 0.25) is 0 Å². The highest BCUT2D eigenvalue weighted by Crippen LogP contribution is 2.40. The molecule has 0 spiro atoms. The van der Waals surface area contributed by atoms with E-state index in [-0.39, 0.29) is 0 Å². The minimum Gasteiger partial charge on any atom is -0.310 e. The predicted molar refractivity (Wildman–Crippen MR) is 255 cm³/mol. The Morgan fingerprint density at radius 1 is 0.250 bits per heavy atom. The van der Waals surface area contributed by atoms with Gasteiger partial charge >= 0.3 is 0 Å². The summed E-state index contributed by atoms with van der Waals surface area (Å²) in [7, 11) is 0. The van der Waals surface area contributed by atoms with Crippen molar-refractivity contribution in [1.82, 2.24) is 4.57 Å². The summed E-state index contributed by atoms with van der Waals surface area (Å²) in [5.74, 6) is 0. The maximum Gasteiger partial charge on any atom is 0.0541 e. The van der Waals surface area contributed by atoms with Crippen molar-refractivity contribution < 1.29 is 0 Å². The fraction of sp³-hybridized carbons (Fsp3) is 0. The highest BCUT2D eigenvalue weighted by atomic mass is 15.1. The molecule has 1 aromatic heterocycles. The van der Waals surface area contributed by atoms with Crippen molar-refractivity contribution in [3.05, 3.63) is 243 Å². The van der Waals surface area contributed by atoms with Crippen molar-refractivity contribution in [3.8, 4) is 50.2 Å². The molecule has 2 heteroatoms. The van der Waals surface area contributed by atoms with Gasteiger partial charge in [-0.05, 0) is 128 Å². The van der Waals surface area contributed by atoms with Gasteiger partial charge in [0.25, 0.3) is 0 Å². The Labute approximate surface area is 350 Å². The molecule has 11 rings (SSSR count). The van der Waals surface area contributed by atoms with Gasteiger partial charge in [-0.3, -0.25) is 0 Å². The second-order valence-corrected chi connectivity index (χ2v) is 15.4. The zero-order valence-corrected chi connectivity index (χ0v) is 33.0. The Bertz CT molecular complexity index is 3230. The third-order valence-corrected chi connectivity index (χ3v) is 11.7. The van der Waals surface area contributed by atoms with Crippen molar-refractivity contribution >= 4 is 49.6 Å². The molecule has 0 saturated carbocycles. The summed E-state index contributed by atoms with van der Waals surface area (Å²) in [6.07, 6.45) is 0. The van der Waals surface area contributed by atoms with E-state index < -0.39 is 0 Å². The van der Waals surface area contributed by atoms with Crippen LogP contribution in [0.25, 0.3) is 82.8 Å². The number of fused-ring (bicyclic) bond motifs is 4. The van der Waals surface area contributed by atoms with Crippen LogP contribution in [0.15, 0.2) is 243 Å². The van der Waals surface area contributed by atoms with Crippen LogP contribution >= 0.6 is 0 Å². The number of para-hydroxylation sites is 2. The lowest BCUT2D eigenvalue weighted by Crippen LogP contribution is -2.09. The van der Waals surface area contributed by atoms with E-state index in [2.05, 4.69) is 252 Å². The van der Waals surface area contributed by atoms with Gasteiger partial charge in [-0.15, -0.1) is 0 Å². The fourth-order valence-electron chi connectivity index (χ4n) is 8.79. The Morgan fingerprint density at radius 3 is 1.45 bits per heavy atom. The summed E-state index contributed by atoms with van der Waals surface area (Å²) in [4.78, 5) is 2.34. The summed E-state index contributed by atoms with van der Waals surface area (Å²) in [6, 6.07) is 87.9. The zero-order chi connectivity index (χ0) is 39.8. The minimum absolute atomic E-state index is 1.12. The molecule has 0 fully saturated rings. The number of nitrogens with zero attached hydrogens (tertiary/aromatic N) is 2. The van der Waals surface area contributed by atoms with E-state index in [0.717, 1.165) is 22.7 Å². The molecule has 0 amide bonds. The molecule has 0 aliphatic carbocycles. The van der Waals surface area contributed by atoms with Crippen molar-refractivity contribution in [1.29, 1.82) is 0 Å². The smallest absolute Gasteiger partial charge is 0.0541 e. The summed E-state index contributed by atoms with van der Waals surface area (Å²) < 4.78 is 2.43. The molecule has 60 heavy (non-hydrogen) atoms. The topological polar surface area (TPSA) is 8.17 Å². The van der Waals surface area contributed by atoms with Crippen LogP contribution in [-0.4, -0.2) is 4.57 Å². The third-order valence-electron chi connectivity index (χ3n) is 11.7.